The summed E-state index contributed by atoms with van der Waals surface area (Å²) in [5.41, 5.74) is 0.106. The Morgan fingerprint density at radius 2 is 1.91 bits per heavy atom. The quantitative estimate of drug-likeness (QED) is 0.340. The predicted octanol–water partition coefficient (Wildman–Crippen LogP) is 3.54. The van der Waals surface area contributed by atoms with Crippen molar-refractivity contribution in [2.45, 2.75) is 17.9 Å². The zero-order valence-electron chi connectivity index (χ0n) is 16.4. The molecule has 0 fully saturated rings. The molecule has 0 aliphatic rings. The first-order valence-electron chi connectivity index (χ1n) is 9.40. The third-order valence-corrected chi connectivity index (χ3v) is 5.48. The highest BCUT2D eigenvalue weighted by Crippen LogP contribution is 2.29. The van der Waals surface area contributed by atoms with Crippen LogP contribution < -0.4 is 10.9 Å². The van der Waals surface area contributed by atoms with Gasteiger partial charge < -0.3 is 5.32 Å². The molecular formula is C21H16F3N5O2S. The molecule has 2 aromatic carbocycles. The van der Waals surface area contributed by atoms with Crippen molar-refractivity contribution in [2.75, 3.05) is 5.75 Å². The summed E-state index contributed by atoms with van der Waals surface area (Å²) in [6.45, 7) is -0.0538. The molecule has 2 aromatic heterocycles. The molecule has 4 aromatic rings. The van der Waals surface area contributed by atoms with Crippen molar-refractivity contribution >= 4 is 28.7 Å². The van der Waals surface area contributed by atoms with Crippen molar-refractivity contribution in [1.82, 2.24) is 25.1 Å². The second kappa shape index (κ2) is 8.87. The Bertz CT molecular complexity index is 1320. The number of aromatic nitrogens is 4. The van der Waals surface area contributed by atoms with Gasteiger partial charge in [0.2, 0.25) is 5.91 Å². The Morgan fingerprint density at radius 3 is 2.66 bits per heavy atom. The SMILES string of the molecule is O=C(CSc1nc2[nH]ncc2c(=O)n1-c1ccccc1)NCc1cccc(C(F)(F)F)c1. The van der Waals surface area contributed by atoms with Gasteiger partial charge in [0.15, 0.2) is 10.8 Å². The number of halogens is 3. The van der Waals surface area contributed by atoms with Crippen molar-refractivity contribution in [3.8, 4) is 5.69 Å². The van der Waals surface area contributed by atoms with E-state index in [2.05, 4.69) is 20.5 Å². The van der Waals surface area contributed by atoms with Crippen LogP contribution in [0.3, 0.4) is 0 Å². The topological polar surface area (TPSA) is 92.7 Å². The van der Waals surface area contributed by atoms with Gasteiger partial charge in [0, 0.05) is 6.54 Å². The third-order valence-electron chi connectivity index (χ3n) is 4.54. The van der Waals surface area contributed by atoms with Gasteiger partial charge in [-0.25, -0.2) is 4.98 Å². The van der Waals surface area contributed by atoms with Gasteiger partial charge in [0.25, 0.3) is 5.56 Å². The molecular weight excluding hydrogens is 443 g/mol. The highest BCUT2D eigenvalue weighted by Gasteiger charge is 2.30. The van der Waals surface area contributed by atoms with Crippen molar-refractivity contribution in [2.24, 2.45) is 0 Å². The first kappa shape index (κ1) is 21.6. The molecule has 0 aliphatic heterocycles. The van der Waals surface area contributed by atoms with Crippen molar-refractivity contribution in [3.63, 3.8) is 0 Å². The number of aromatic amines is 1. The molecule has 0 spiro atoms. The number of fused-ring (bicyclic) bond motifs is 1. The lowest BCUT2D eigenvalue weighted by Gasteiger charge is -2.12. The van der Waals surface area contributed by atoms with Gasteiger partial charge in [-0.05, 0) is 29.8 Å². The maximum absolute atomic E-state index is 12.9. The van der Waals surface area contributed by atoms with Crippen LogP contribution in [0.2, 0.25) is 0 Å². The molecule has 2 heterocycles. The zero-order valence-corrected chi connectivity index (χ0v) is 17.2. The highest BCUT2D eigenvalue weighted by molar-refractivity contribution is 7.99. The number of nitrogens with zero attached hydrogens (tertiary/aromatic N) is 3. The van der Waals surface area contributed by atoms with E-state index in [1.54, 1.807) is 24.3 Å². The van der Waals surface area contributed by atoms with E-state index in [4.69, 9.17) is 0 Å². The lowest BCUT2D eigenvalue weighted by atomic mass is 10.1. The molecule has 0 saturated carbocycles. The lowest BCUT2D eigenvalue weighted by Crippen LogP contribution is -2.26. The average molecular weight is 459 g/mol. The van der Waals surface area contributed by atoms with Crippen LogP contribution in [-0.4, -0.2) is 31.4 Å². The molecule has 0 radical (unpaired) electrons. The van der Waals surface area contributed by atoms with E-state index >= 15 is 0 Å². The predicted molar refractivity (Wildman–Crippen MR) is 114 cm³/mol. The van der Waals surface area contributed by atoms with E-state index in [1.165, 1.54) is 22.9 Å². The second-order valence-electron chi connectivity index (χ2n) is 6.77. The minimum Gasteiger partial charge on any atom is -0.351 e. The minimum absolute atomic E-state index is 0.0538. The Labute approximate surface area is 183 Å². The Kier molecular flexibility index (Phi) is 5.99. The Hall–Kier alpha value is -3.60. The normalized spacial score (nSPS) is 11.6. The second-order valence-corrected chi connectivity index (χ2v) is 7.71. The van der Waals surface area contributed by atoms with Gasteiger partial charge in [-0.1, -0.05) is 42.1 Å². The van der Waals surface area contributed by atoms with E-state index in [9.17, 15) is 22.8 Å². The molecule has 0 saturated heterocycles. The van der Waals surface area contributed by atoms with Gasteiger partial charge >= 0.3 is 6.18 Å². The van der Waals surface area contributed by atoms with E-state index in [0.29, 0.717) is 22.3 Å². The number of thioether (sulfide) groups is 1. The summed E-state index contributed by atoms with van der Waals surface area (Å²) >= 11 is 1.04. The van der Waals surface area contributed by atoms with Crippen LogP contribution in [-0.2, 0) is 17.5 Å². The zero-order chi connectivity index (χ0) is 22.7. The van der Waals surface area contributed by atoms with Crippen molar-refractivity contribution < 1.29 is 18.0 Å². The number of carbonyl (C=O) groups is 1. The number of para-hydroxylation sites is 1. The maximum Gasteiger partial charge on any atom is 0.416 e. The molecule has 2 N–H and O–H groups in total. The number of amides is 1. The molecule has 0 atom stereocenters. The first-order chi connectivity index (χ1) is 15.3. The van der Waals surface area contributed by atoms with Crippen LogP contribution in [0.25, 0.3) is 16.7 Å². The summed E-state index contributed by atoms with van der Waals surface area (Å²) in [6, 6.07) is 13.6. The van der Waals surface area contributed by atoms with Gasteiger partial charge in [0.05, 0.1) is 23.2 Å². The van der Waals surface area contributed by atoms with Gasteiger partial charge in [-0.15, -0.1) is 0 Å². The van der Waals surface area contributed by atoms with E-state index in [1.807, 2.05) is 6.07 Å². The summed E-state index contributed by atoms with van der Waals surface area (Å²) < 4.78 is 39.9. The lowest BCUT2D eigenvalue weighted by molar-refractivity contribution is -0.137. The molecule has 1 amide bonds. The van der Waals surface area contributed by atoms with Crippen LogP contribution >= 0.6 is 11.8 Å². The fraction of sp³-hybridized carbons (Fsp3) is 0.143. The number of alkyl halides is 3. The number of nitrogens with one attached hydrogen (secondary N) is 2. The number of carbonyl (C=O) groups excluding carboxylic acids is 1. The van der Waals surface area contributed by atoms with Crippen molar-refractivity contribution in [1.29, 1.82) is 0 Å². The first-order valence-corrected chi connectivity index (χ1v) is 10.4. The van der Waals surface area contributed by atoms with Gasteiger partial charge in [-0.2, -0.15) is 18.3 Å². The van der Waals surface area contributed by atoms with E-state index in [0.717, 1.165) is 23.9 Å². The average Bonchev–Trinajstić information content (AvgIpc) is 3.25. The van der Waals surface area contributed by atoms with Crippen LogP contribution in [0, 0.1) is 0 Å². The fourth-order valence-electron chi connectivity index (χ4n) is 3.02. The summed E-state index contributed by atoms with van der Waals surface area (Å²) in [4.78, 5) is 29.7. The number of hydrogen-bond donors (Lipinski definition) is 2. The largest absolute Gasteiger partial charge is 0.416 e. The monoisotopic (exact) mass is 459 g/mol. The number of rotatable bonds is 6. The number of benzene rings is 2. The Morgan fingerprint density at radius 1 is 1.12 bits per heavy atom. The van der Waals surface area contributed by atoms with Crippen LogP contribution in [0.4, 0.5) is 13.2 Å². The number of hydrogen-bond acceptors (Lipinski definition) is 5. The summed E-state index contributed by atoms with van der Waals surface area (Å²) in [5, 5.41) is 9.69. The number of H-pyrrole nitrogens is 1. The van der Waals surface area contributed by atoms with Crippen LogP contribution in [0.15, 0.2) is 70.7 Å². The molecule has 164 valence electrons. The molecule has 0 bridgehead atoms. The van der Waals surface area contributed by atoms with Gasteiger partial charge in [0.1, 0.15) is 5.39 Å². The molecule has 11 heteroatoms. The van der Waals surface area contributed by atoms with Crippen LogP contribution in [0.5, 0.6) is 0 Å². The minimum atomic E-state index is -4.45. The maximum atomic E-state index is 12.9. The third kappa shape index (κ3) is 4.67. The van der Waals surface area contributed by atoms with Crippen molar-refractivity contribution in [3.05, 3.63) is 82.3 Å². The summed E-state index contributed by atoms with van der Waals surface area (Å²) in [5.74, 6) is -0.497. The molecule has 0 aliphatic carbocycles. The van der Waals surface area contributed by atoms with Crippen LogP contribution in [0.1, 0.15) is 11.1 Å². The Balaban J connectivity index is 1.50. The smallest absolute Gasteiger partial charge is 0.351 e. The van der Waals surface area contributed by atoms with E-state index in [-0.39, 0.29) is 23.0 Å². The molecule has 7 nitrogen and oxygen atoms in total. The molecule has 32 heavy (non-hydrogen) atoms. The summed E-state index contributed by atoms with van der Waals surface area (Å²) in [6.07, 6.45) is -3.06. The molecule has 4 rings (SSSR count). The van der Waals surface area contributed by atoms with E-state index < -0.39 is 17.6 Å². The standard InChI is InChI=1S/C21H16F3N5O2S/c22-21(23,24)14-6-4-5-13(9-14)10-25-17(30)12-32-20-27-18-16(11-26-28-18)19(31)29(20)15-7-2-1-3-8-15/h1-9,11H,10,12H2,(H,25,30)(H,26,28). The fourth-order valence-corrected chi connectivity index (χ4v) is 3.85. The summed E-state index contributed by atoms with van der Waals surface area (Å²) in [7, 11) is 0. The highest BCUT2D eigenvalue weighted by atomic mass is 32.2. The van der Waals surface area contributed by atoms with Gasteiger partial charge in [-0.3, -0.25) is 19.3 Å². The molecule has 0 unspecified atom stereocenters.